The molecule has 1 aliphatic rings. The first-order valence-corrected chi connectivity index (χ1v) is 8.51. The van der Waals surface area contributed by atoms with Gasteiger partial charge in [-0.2, -0.15) is 5.10 Å². The van der Waals surface area contributed by atoms with E-state index in [1.54, 1.807) is 12.1 Å². The van der Waals surface area contributed by atoms with Gasteiger partial charge >= 0.3 is 0 Å². The van der Waals surface area contributed by atoms with Crippen LogP contribution in [0.25, 0.3) is 0 Å². The summed E-state index contributed by atoms with van der Waals surface area (Å²) >= 11 is 3.26. The largest absolute Gasteiger partial charge is 0.507 e. The molecule has 0 saturated carbocycles. The van der Waals surface area contributed by atoms with Crippen LogP contribution in [0.4, 0.5) is 0 Å². The SMILES string of the molecule is O=C(N/N=C/c1cc(Br)ccc1O)[C@@H]1CCS(=O)(=O)C1. The molecule has 0 unspecified atom stereocenters. The number of aromatic hydroxyl groups is 1. The van der Waals surface area contributed by atoms with Crippen LogP contribution in [0.1, 0.15) is 12.0 Å². The van der Waals surface area contributed by atoms with Gasteiger partial charge in [0, 0.05) is 10.0 Å². The Hall–Kier alpha value is -1.41. The van der Waals surface area contributed by atoms with E-state index in [1.807, 2.05) is 0 Å². The van der Waals surface area contributed by atoms with Crippen molar-refractivity contribution in [2.24, 2.45) is 11.0 Å². The van der Waals surface area contributed by atoms with Crippen molar-refractivity contribution in [2.75, 3.05) is 11.5 Å². The van der Waals surface area contributed by atoms with Gasteiger partial charge in [-0.3, -0.25) is 4.79 Å². The van der Waals surface area contributed by atoms with Crippen molar-refractivity contribution in [3.05, 3.63) is 28.2 Å². The minimum absolute atomic E-state index is 0.0367. The highest BCUT2D eigenvalue weighted by atomic mass is 79.9. The molecule has 2 N–H and O–H groups in total. The number of phenolic OH excluding ortho intramolecular Hbond substituents is 1. The van der Waals surface area contributed by atoms with Crippen LogP contribution in [0, 0.1) is 5.92 Å². The number of rotatable bonds is 3. The molecule has 20 heavy (non-hydrogen) atoms. The van der Waals surface area contributed by atoms with Gasteiger partial charge in [0.1, 0.15) is 5.75 Å². The number of amides is 1. The minimum Gasteiger partial charge on any atom is -0.507 e. The van der Waals surface area contributed by atoms with E-state index in [0.29, 0.717) is 12.0 Å². The molecular weight excluding hydrogens is 348 g/mol. The zero-order valence-corrected chi connectivity index (χ0v) is 12.8. The Morgan fingerprint density at radius 2 is 2.25 bits per heavy atom. The summed E-state index contributed by atoms with van der Waals surface area (Å²) in [5.41, 5.74) is 2.74. The van der Waals surface area contributed by atoms with Crippen LogP contribution >= 0.6 is 15.9 Å². The lowest BCUT2D eigenvalue weighted by Crippen LogP contribution is -2.27. The summed E-state index contributed by atoms with van der Waals surface area (Å²) in [4.78, 5) is 11.7. The van der Waals surface area contributed by atoms with Crippen LogP contribution in [0.15, 0.2) is 27.8 Å². The van der Waals surface area contributed by atoms with Gasteiger partial charge in [0.2, 0.25) is 5.91 Å². The van der Waals surface area contributed by atoms with Crippen molar-refractivity contribution in [1.82, 2.24) is 5.43 Å². The highest BCUT2D eigenvalue weighted by Crippen LogP contribution is 2.20. The van der Waals surface area contributed by atoms with E-state index in [0.717, 1.165) is 4.47 Å². The zero-order valence-electron chi connectivity index (χ0n) is 10.4. The normalized spacial score (nSPS) is 21.1. The lowest BCUT2D eigenvalue weighted by atomic mass is 10.1. The second kappa shape index (κ2) is 5.92. The second-order valence-electron chi connectivity index (χ2n) is 4.54. The molecule has 2 rings (SSSR count). The van der Waals surface area contributed by atoms with Gasteiger partial charge in [0.15, 0.2) is 9.84 Å². The molecule has 1 heterocycles. The Morgan fingerprint density at radius 1 is 1.50 bits per heavy atom. The van der Waals surface area contributed by atoms with Gasteiger partial charge in [-0.15, -0.1) is 0 Å². The van der Waals surface area contributed by atoms with Crippen molar-refractivity contribution < 1.29 is 18.3 Å². The molecule has 0 aromatic heterocycles. The summed E-state index contributed by atoms with van der Waals surface area (Å²) in [6.45, 7) is 0. The van der Waals surface area contributed by atoms with Crippen molar-refractivity contribution in [1.29, 1.82) is 0 Å². The minimum atomic E-state index is -3.09. The fraction of sp³-hybridized carbons (Fsp3) is 0.333. The number of nitrogens with zero attached hydrogens (tertiary/aromatic N) is 1. The topological polar surface area (TPSA) is 95.8 Å². The van der Waals surface area contributed by atoms with E-state index in [2.05, 4.69) is 26.5 Å². The Labute approximate surface area is 124 Å². The lowest BCUT2D eigenvalue weighted by molar-refractivity contribution is -0.124. The molecule has 1 aliphatic heterocycles. The predicted molar refractivity (Wildman–Crippen MR) is 78.3 cm³/mol. The summed E-state index contributed by atoms with van der Waals surface area (Å²) in [7, 11) is -3.09. The predicted octanol–water partition coefficient (Wildman–Crippen LogP) is 1.04. The van der Waals surface area contributed by atoms with Crippen LogP contribution in [0.2, 0.25) is 0 Å². The third-order valence-corrected chi connectivity index (χ3v) is 5.23. The van der Waals surface area contributed by atoms with Gasteiger partial charge in [-0.25, -0.2) is 13.8 Å². The Balaban J connectivity index is 1.97. The first-order chi connectivity index (χ1) is 9.37. The molecule has 0 aliphatic carbocycles. The highest BCUT2D eigenvalue weighted by Gasteiger charge is 2.32. The van der Waals surface area contributed by atoms with Crippen LogP contribution < -0.4 is 5.43 Å². The number of halogens is 1. The number of nitrogens with one attached hydrogen (secondary N) is 1. The molecule has 108 valence electrons. The van der Waals surface area contributed by atoms with Crippen molar-refractivity contribution >= 4 is 37.9 Å². The molecule has 1 aromatic rings. The number of benzene rings is 1. The quantitative estimate of drug-likeness (QED) is 0.621. The van der Waals surface area contributed by atoms with Gasteiger partial charge in [-0.1, -0.05) is 15.9 Å². The fourth-order valence-corrected chi connectivity index (χ4v) is 4.01. The van der Waals surface area contributed by atoms with Crippen molar-refractivity contribution in [2.45, 2.75) is 6.42 Å². The maximum atomic E-state index is 11.7. The van der Waals surface area contributed by atoms with E-state index < -0.39 is 21.7 Å². The Morgan fingerprint density at radius 3 is 2.90 bits per heavy atom. The fourth-order valence-electron chi connectivity index (χ4n) is 1.89. The van der Waals surface area contributed by atoms with Crippen LogP contribution in [0.3, 0.4) is 0 Å². The van der Waals surface area contributed by atoms with Crippen molar-refractivity contribution in [3.8, 4) is 5.75 Å². The number of hydrogen-bond donors (Lipinski definition) is 2. The molecule has 0 radical (unpaired) electrons. The highest BCUT2D eigenvalue weighted by molar-refractivity contribution is 9.10. The smallest absolute Gasteiger partial charge is 0.244 e. The first kappa shape index (κ1) is 15.0. The number of phenols is 1. The van der Waals surface area contributed by atoms with Crippen LogP contribution in [-0.4, -0.2) is 37.2 Å². The standard InChI is InChI=1S/C12H13BrN2O4S/c13-10-1-2-11(16)9(5-10)6-14-15-12(17)8-3-4-20(18,19)7-8/h1-2,5-6,8,16H,3-4,7H2,(H,15,17)/b14-6+/t8-/m1/s1. The first-order valence-electron chi connectivity index (χ1n) is 5.89. The number of carbonyl (C=O) groups is 1. The molecular formula is C12H13BrN2O4S. The average Bonchev–Trinajstić information content (AvgIpc) is 2.74. The molecule has 0 bridgehead atoms. The van der Waals surface area contributed by atoms with Gasteiger partial charge in [-0.05, 0) is 24.6 Å². The maximum Gasteiger partial charge on any atom is 0.244 e. The van der Waals surface area contributed by atoms with E-state index in [4.69, 9.17) is 0 Å². The number of hydrazone groups is 1. The monoisotopic (exact) mass is 360 g/mol. The third kappa shape index (κ3) is 3.80. The molecule has 1 amide bonds. The second-order valence-corrected chi connectivity index (χ2v) is 7.68. The Bertz CT molecular complexity index is 657. The number of sulfone groups is 1. The lowest BCUT2D eigenvalue weighted by Gasteiger charge is -2.05. The van der Waals surface area contributed by atoms with E-state index in [9.17, 15) is 18.3 Å². The summed E-state index contributed by atoms with van der Waals surface area (Å²) in [6.07, 6.45) is 1.63. The molecule has 1 aromatic carbocycles. The zero-order chi connectivity index (χ0) is 14.8. The molecule has 6 nitrogen and oxygen atoms in total. The number of hydrogen-bond acceptors (Lipinski definition) is 5. The van der Waals surface area contributed by atoms with E-state index in [-0.39, 0.29) is 17.3 Å². The van der Waals surface area contributed by atoms with Crippen LogP contribution in [0.5, 0.6) is 5.75 Å². The summed E-state index contributed by atoms with van der Waals surface area (Å²) < 4.78 is 23.3. The molecule has 1 atom stereocenters. The summed E-state index contributed by atoms with van der Waals surface area (Å²) in [5, 5.41) is 13.3. The van der Waals surface area contributed by atoms with Crippen molar-refractivity contribution in [3.63, 3.8) is 0 Å². The molecule has 1 saturated heterocycles. The Kier molecular flexibility index (Phi) is 4.44. The maximum absolute atomic E-state index is 11.7. The van der Waals surface area contributed by atoms with E-state index >= 15 is 0 Å². The third-order valence-electron chi connectivity index (χ3n) is 2.97. The van der Waals surface area contributed by atoms with Gasteiger partial charge in [0.05, 0.1) is 23.6 Å². The average molecular weight is 361 g/mol. The molecule has 1 fully saturated rings. The molecule has 0 spiro atoms. The summed E-state index contributed by atoms with van der Waals surface area (Å²) in [5.74, 6) is -1.02. The summed E-state index contributed by atoms with van der Waals surface area (Å²) in [6, 6.07) is 4.82. The van der Waals surface area contributed by atoms with Crippen LogP contribution in [-0.2, 0) is 14.6 Å². The molecule has 8 heteroatoms. The van der Waals surface area contributed by atoms with Gasteiger partial charge in [0.25, 0.3) is 0 Å². The van der Waals surface area contributed by atoms with Gasteiger partial charge < -0.3 is 5.11 Å². The van der Waals surface area contributed by atoms with E-state index in [1.165, 1.54) is 12.3 Å². The number of carbonyl (C=O) groups excluding carboxylic acids is 1.